The molecule has 0 atom stereocenters. The van der Waals surface area contributed by atoms with Crippen molar-refractivity contribution in [2.45, 2.75) is 13.8 Å². The van der Waals surface area contributed by atoms with Gasteiger partial charge in [-0.3, -0.25) is 0 Å². The van der Waals surface area contributed by atoms with Crippen LogP contribution >= 0.6 is 15.9 Å². The van der Waals surface area contributed by atoms with Crippen molar-refractivity contribution in [2.75, 3.05) is 0 Å². The summed E-state index contributed by atoms with van der Waals surface area (Å²) in [6, 6.07) is 135. The highest BCUT2D eigenvalue weighted by atomic mass is 79.9. The largest absolute Gasteiger partial charge is 0.455 e. The quantitative estimate of drug-likeness (QED) is 0.149. The summed E-state index contributed by atoms with van der Waals surface area (Å²) in [5, 5.41) is 17.3. The molecule has 0 N–H and O–H groups in total. The molecular weight excluding hydrogens is 1350 g/mol. The molecule has 1 aliphatic carbocycles. The lowest BCUT2D eigenvalue weighted by atomic mass is 9.86. The maximum atomic E-state index is 6.46. The number of para-hydroxylation sites is 5. The average Bonchev–Trinajstić information content (AvgIpc) is 1.25. The lowest BCUT2D eigenvalue weighted by molar-refractivity contribution is 0.669. The van der Waals surface area contributed by atoms with Crippen molar-refractivity contribution >= 4 is 125 Å². The van der Waals surface area contributed by atoms with E-state index >= 15 is 0 Å². The second kappa shape index (κ2) is 26.6. The van der Waals surface area contributed by atoms with Gasteiger partial charge < -0.3 is 13.4 Å². The van der Waals surface area contributed by atoms with Gasteiger partial charge in [0.1, 0.15) is 22.3 Å². The van der Waals surface area contributed by atoms with Crippen LogP contribution in [0.5, 0.6) is 0 Å². The van der Waals surface area contributed by atoms with Crippen LogP contribution in [0.4, 0.5) is 0 Å². The molecule has 21 aromatic rings. The van der Waals surface area contributed by atoms with Crippen molar-refractivity contribution in [3.63, 3.8) is 0 Å². The topological polar surface area (TPSA) is 31.2 Å². The first kappa shape index (κ1) is 63.8. The summed E-state index contributed by atoms with van der Waals surface area (Å²) >= 11 is 3.64. The van der Waals surface area contributed by atoms with Crippen LogP contribution in [0.2, 0.25) is 0 Å². The number of furan rings is 2. The molecule has 1 aliphatic rings. The van der Waals surface area contributed by atoms with Crippen molar-refractivity contribution in [1.29, 1.82) is 0 Å². The van der Waals surface area contributed by atoms with Crippen LogP contribution in [0, 0.1) is 0 Å². The summed E-state index contributed by atoms with van der Waals surface area (Å²) in [6.07, 6.45) is 1.03. The van der Waals surface area contributed by atoms with E-state index in [1.54, 1.807) is 0 Å². The molecule has 0 unspecified atom stereocenters. The SMILES string of the molecule is Brc1cccc(-c2c3ccccc3c(-c3ccccc3)c3ccccc23)c1.C.c1ccc(-c2c3ccccc3c(-c3cccc(-n4c5ccccc5c5cc(-c6cccc7c6oc6ccccc67)ccc54)c3)c3ccccc23)cc1.c1ccc2c(c1)Cc1ccc(-c3cccc4c3oc3ccccc34)cc1-2. The number of nitrogens with zero attached hydrogens (tertiary/aromatic N) is 1. The van der Waals surface area contributed by atoms with E-state index in [0.717, 1.165) is 66.4 Å². The lowest BCUT2D eigenvalue weighted by Gasteiger charge is -2.18. The number of aromatic nitrogens is 1. The number of hydrogen-bond donors (Lipinski definition) is 0. The fraction of sp³-hybridized carbons (Fsp3) is 0.0196. The summed E-state index contributed by atoms with van der Waals surface area (Å²) in [5.41, 5.74) is 27.5. The van der Waals surface area contributed by atoms with E-state index in [-0.39, 0.29) is 7.43 Å². The fourth-order valence-corrected chi connectivity index (χ4v) is 17.2. The normalized spacial score (nSPS) is 11.7. The highest BCUT2D eigenvalue weighted by Crippen LogP contribution is 2.48. The molecule has 3 heterocycles. The summed E-state index contributed by atoms with van der Waals surface area (Å²) < 4.78 is 16.2. The minimum Gasteiger partial charge on any atom is -0.455 e. The second-order valence-corrected chi connectivity index (χ2v) is 28.2. The Morgan fingerprint density at radius 2 is 0.594 bits per heavy atom. The predicted octanol–water partition coefficient (Wildman–Crippen LogP) is 29.5. The Bertz CT molecular complexity index is 6900. The number of fused-ring (bicyclic) bond motifs is 16. The molecule has 0 amide bonds. The van der Waals surface area contributed by atoms with Crippen molar-refractivity contribution in [3.8, 4) is 83.6 Å². The maximum Gasteiger partial charge on any atom is 0.143 e. The van der Waals surface area contributed by atoms with Gasteiger partial charge in [-0.15, -0.1) is 0 Å². The zero-order valence-electron chi connectivity index (χ0n) is 57.1. The van der Waals surface area contributed by atoms with Crippen LogP contribution in [0.15, 0.2) is 389 Å². The Morgan fingerprint density at radius 3 is 1.12 bits per heavy atom. The third-order valence-corrected chi connectivity index (χ3v) is 21.9. The molecule has 0 saturated carbocycles. The summed E-state index contributed by atoms with van der Waals surface area (Å²) in [7, 11) is 0. The number of halogens is 1. The van der Waals surface area contributed by atoms with Gasteiger partial charge >= 0.3 is 0 Å². The molecule has 4 heteroatoms. The Balaban J connectivity index is 0.000000120. The van der Waals surface area contributed by atoms with Gasteiger partial charge in [0.05, 0.1) is 11.0 Å². The zero-order valence-corrected chi connectivity index (χ0v) is 58.7. The molecule has 3 aromatic heterocycles. The Hall–Kier alpha value is -13.1. The van der Waals surface area contributed by atoms with E-state index in [4.69, 9.17) is 8.83 Å². The first-order valence-electron chi connectivity index (χ1n) is 35.9. The minimum absolute atomic E-state index is 0. The number of rotatable bonds is 7. The third kappa shape index (κ3) is 10.8. The molecule has 0 fully saturated rings. The second-order valence-electron chi connectivity index (χ2n) is 27.3. The number of benzene rings is 18. The van der Waals surface area contributed by atoms with Crippen LogP contribution in [0.3, 0.4) is 0 Å². The van der Waals surface area contributed by atoms with Crippen molar-refractivity contribution in [2.24, 2.45) is 0 Å². The van der Waals surface area contributed by atoms with Crippen molar-refractivity contribution in [1.82, 2.24) is 4.57 Å². The van der Waals surface area contributed by atoms with Crippen molar-refractivity contribution < 1.29 is 8.83 Å². The van der Waals surface area contributed by atoms with E-state index in [1.807, 2.05) is 24.3 Å². The van der Waals surface area contributed by atoms with E-state index in [1.165, 1.54) is 148 Å². The molecule has 106 heavy (non-hydrogen) atoms. The van der Waals surface area contributed by atoms with Gasteiger partial charge in [0.15, 0.2) is 0 Å². The highest BCUT2D eigenvalue weighted by molar-refractivity contribution is 9.10. The smallest absolute Gasteiger partial charge is 0.143 e. The van der Waals surface area contributed by atoms with Crippen LogP contribution in [-0.2, 0) is 6.42 Å². The van der Waals surface area contributed by atoms with E-state index in [2.05, 4.69) is 372 Å². The Kier molecular flexibility index (Phi) is 16.0. The van der Waals surface area contributed by atoms with Gasteiger partial charge in [0, 0.05) is 53.6 Å². The van der Waals surface area contributed by atoms with E-state index < -0.39 is 0 Å². The summed E-state index contributed by atoms with van der Waals surface area (Å²) in [5.74, 6) is 0. The molecule has 3 nitrogen and oxygen atoms in total. The molecule has 500 valence electrons. The maximum absolute atomic E-state index is 6.46. The first-order chi connectivity index (χ1) is 52.0. The Labute approximate surface area is 622 Å². The van der Waals surface area contributed by atoms with E-state index in [0.29, 0.717) is 0 Å². The molecule has 22 rings (SSSR count). The van der Waals surface area contributed by atoms with Gasteiger partial charge in [-0.05, 0) is 188 Å². The van der Waals surface area contributed by atoms with Gasteiger partial charge in [-0.25, -0.2) is 0 Å². The summed E-state index contributed by atoms with van der Waals surface area (Å²) in [6.45, 7) is 0. The van der Waals surface area contributed by atoms with Gasteiger partial charge in [0.25, 0.3) is 0 Å². The highest BCUT2D eigenvalue weighted by Gasteiger charge is 2.24. The predicted molar refractivity (Wildman–Crippen MR) is 454 cm³/mol. The van der Waals surface area contributed by atoms with Gasteiger partial charge in [-0.1, -0.05) is 339 Å². The molecule has 0 aliphatic heterocycles. The molecule has 0 spiro atoms. The zero-order chi connectivity index (χ0) is 69.5. The molecular formula is C102H68BrNO2. The summed E-state index contributed by atoms with van der Waals surface area (Å²) in [4.78, 5) is 0. The fourth-order valence-electron chi connectivity index (χ4n) is 16.8. The van der Waals surface area contributed by atoms with E-state index in [9.17, 15) is 0 Å². The lowest BCUT2D eigenvalue weighted by Crippen LogP contribution is -1.95. The third-order valence-electron chi connectivity index (χ3n) is 21.4. The van der Waals surface area contributed by atoms with Crippen LogP contribution in [-0.4, -0.2) is 4.57 Å². The standard InChI is InChI=1S/C50H31NO.C26H17Br.C25H16O.CH4/c1-2-14-32(15-3-1)48-39-20-4-6-22-41(39)49(42-23-7-5-21-40(42)48)34-16-12-17-35(30-34)51-45-26-10-8-18-37(45)44-31-33(28-29-46(44)51)36-24-13-25-43-38-19-9-11-27-47(38)52-50(36)43;27-20-12-8-11-19(17-20)26-23-15-6-4-13-21(23)25(18-9-2-1-3-10-18)22-14-5-7-16-24(22)26;1-2-7-19-16(6-1)14-17-12-13-18(15-23(17)19)20-9-5-10-22-21-8-3-4-11-24(21)26-25(20)22;/h1-31H;1-17H;1-13,15H,14H2;1H4. The Morgan fingerprint density at radius 1 is 0.226 bits per heavy atom. The van der Waals surface area contributed by atoms with Crippen LogP contribution in [0.1, 0.15) is 18.6 Å². The molecule has 18 aromatic carbocycles. The first-order valence-corrected chi connectivity index (χ1v) is 36.7. The monoisotopic (exact) mass is 1420 g/mol. The van der Waals surface area contributed by atoms with Crippen LogP contribution in [0.25, 0.3) is 192 Å². The average molecular weight is 1420 g/mol. The van der Waals surface area contributed by atoms with Gasteiger partial charge in [0.2, 0.25) is 0 Å². The molecule has 0 saturated heterocycles. The van der Waals surface area contributed by atoms with Gasteiger partial charge in [-0.2, -0.15) is 0 Å². The van der Waals surface area contributed by atoms with Crippen molar-refractivity contribution in [3.05, 3.63) is 392 Å². The number of hydrogen-bond acceptors (Lipinski definition) is 2. The minimum atomic E-state index is 0. The van der Waals surface area contributed by atoms with Crippen LogP contribution < -0.4 is 0 Å². The molecule has 0 radical (unpaired) electrons. The molecule has 0 bridgehead atoms.